The van der Waals surface area contributed by atoms with Gasteiger partial charge in [-0.25, -0.2) is 18.4 Å². The number of aliphatic imine (C=N–C) groups is 2. The van der Waals surface area contributed by atoms with Crippen LogP contribution in [0.4, 0.5) is 13.2 Å². The quantitative estimate of drug-likeness (QED) is 0.598. The van der Waals surface area contributed by atoms with Crippen molar-refractivity contribution in [1.29, 1.82) is 0 Å². The summed E-state index contributed by atoms with van der Waals surface area (Å²) < 4.78 is 62.0. The van der Waals surface area contributed by atoms with Gasteiger partial charge in [0.15, 0.2) is 4.34 Å². The first-order valence-corrected chi connectivity index (χ1v) is 9.62. The van der Waals surface area contributed by atoms with Crippen LogP contribution in [0.5, 0.6) is 0 Å². The zero-order valence-electron chi connectivity index (χ0n) is 12.6. The topological polar surface area (TPSA) is 115 Å². The maximum absolute atomic E-state index is 12.8. The van der Waals surface area contributed by atoms with Gasteiger partial charge in [-0.2, -0.15) is 18.2 Å². The van der Waals surface area contributed by atoms with Crippen molar-refractivity contribution in [3.63, 3.8) is 0 Å². The molecule has 13 heteroatoms. The molecule has 138 valence electrons. The maximum Gasteiger partial charge on any atom is 0.501 e. The smallest absolute Gasteiger partial charge is 0.368 e. The van der Waals surface area contributed by atoms with Gasteiger partial charge < -0.3 is 5.73 Å². The molecule has 0 atom stereocenters. The highest BCUT2D eigenvalue weighted by Crippen LogP contribution is 2.36. The van der Waals surface area contributed by atoms with Crippen LogP contribution in [-0.4, -0.2) is 37.5 Å². The Morgan fingerprint density at radius 3 is 2.58 bits per heavy atom. The molecule has 1 aromatic carbocycles. The third-order valence-corrected chi connectivity index (χ3v) is 6.22. The Morgan fingerprint density at radius 1 is 1.35 bits per heavy atom. The summed E-state index contributed by atoms with van der Waals surface area (Å²) in [5.74, 6) is -1.57. The highest BCUT2D eigenvalue weighted by atomic mass is 32.2. The van der Waals surface area contributed by atoms with Crippen LogP contribution >= 0.6 is 23.1 Å². The minimum atomic E-state index is -5.64. The van der Waals surface area contributed by atoms with Crippen molar-refractivity contribution in [2.24, 2.45) is 15.7 Å². The SMILES string of the molecule is C=NC(N)=NC(=O)c1cc(S(=O)(=O)C(F)(F)F)ccc1Sc1nccs1. The Labute approximate surface area is 153 Å². The lowest BCUT2D eigenvalue weighted by Crippen LogP contribution is -2.23. The highest BCUT2D eigenvalue weighted by molar-refractivity contribution is 8.01. The minimum Gasteiger partial charge on any atom is -0.368 e. The van der Waals surface area contributed by atoms with Gasteiger partial charge in [-0.1, -0.05) is 11.8 Å². The molecule has 0 aliphatic rings. The monoisotopic (exact) mass is 422 g/mol. The molecule has 7 nitrogen and oxygen atoms in total. The van der Waals surface area contributed by atoms with Crippen LogP contribution in [0.25, 0.3) is 0 Å². The number of amides is 1. The van der Waals surface area contributed by atoms with E-state index in [4.69, 9.17) is 5.73 Å². The van der Waals surface area contributed by atoms with E-state index in [9.17, 15) is 26.4 Å². The standard InChI is InChI=1S/C13H9F3N4O3S3/c1-18-11(17)20-10(21)8-6-7(26(22,23)13(14,15)16)2-3-9(8)25-12-19-4-5-24-12/h2-6H,1H2,(H2,17,20,21). The second kappa shape index (κ2) is 7.55. The van der Waals surface area contributed by atoms with E-state index in [1.165, 1.54) is 17.5 Å². The summed E-state index contributed by atoms with van der Waals surface area (Å²) in [5.41, 5.74) is -0.623. The molecule has 1 heterocycles. The first-order chi connectivity index (χ1) is 12.1. The molecule has 2 rings (SSSR count). The van der Waals surface area contributed by atoms with Crippen molar-refractivity contribution < 1.29 is 26.4 Å². The lowest BCUT2D eigenvalue weighted by molar-refractivity contribution is -0.0436. The number of hydrogen-bond acceptors (Lipinski definition) is 6. The molecule has 1 aromatic heterocycles. The van der Waals surface area contributed by atoms with E-state index < -0.39 is 32.1 Å². The molecule has 0 saturated heterocycles. The number of sulfone groups is 1. The lowest BCUT2D eigenvalue weighted by atomic mass is 10.2. The summed E-state index contributed by atoms with van der Waals surface area (Å²) in [4.78, 5) is 21.9. The van der Waals surface area contributed by atoms with Gasteiger partial charge in [0.05, 0.1) is 10.5 Å². The van der Waals surface area contributed by atoms with Gasteiger partial charge in [0.25, 0.3) is 15.7 Å². The number of carbonyl (C=O) groups is 1. The minimum absolute atomic E-state index is 0.159. The van der Waals surface area contributed by atoms with Crippen molar-refractivity contribution in [2.75, 3.05) is 0 Å². The molecule has 0 fully saturated rings. The Kier molecular flexibility index (Phi) is 5.83. The van der Waals surface area contributed by atoms with Crippen LogP contribution < -0.4 is 5.73 Å². The van der Waals surface area contributed by atoms with E-state index in [-0.39, 0.29) is 10.5 Å². The molecule has 0 saturated carbocycles. The summed E-state index contributed by atoms with van der Waals surface area (Å²) in [6.45, 7) is 3.06. The third kappa shape index (κ3) is 4.28. The Bertz CT molecular complexity index is 970. The Morgan fingerprint density at radius 2 is 2.04 bits per heavy atom. The van der Waals surface area contributed by atoms with Gasteiger partial charge >= 0.3 is 5.51 Å². The van der Waals surface area contributed by atoms with E-state index in [1.54, 1.807) is 5.38 Å². The van der Waals surface area contributed by atoms with Gasteiger partial charge in [-0.05, 0) is 24.9 Å². The van der Waals surface area contributed by atoms with Crippen molar-refractivity contribution in [1.82, 2.24) is 4.98 Å². The first kappa shape index (κ1) is 20.1. The molecule has 0 aliphatic carbocycles. The molecular formula is C13H9F3N4O3S3. The van der Waals surface area contributed by atoms with Crippen molar-refractivity contribution in [3.05, 3.63) is 35.3 Å². The summed E-state index contributed by atoms with van der Waals surface area (Å²) in [7, 11) is -5.64. The average molecular weight is 422 g/mol. The highest BCUT2D eigenvalue weighted by Gasteiger charge is 2.47. The average Bonchev–Trinajstić information content (AvgIpc) is 3.06. The van der Waals surface area contributed by atoms with E-state index in [0.29, 0.717) is 10.4 Å². The van der Waals surface area contributed by atoms with Crippen molar-refractivity contribution in [2.45, 2.75) is 19.6 Å². The van der Waals surface area contributed by atoms with E-state index in [1.807, 2.05) is 0 Å². The Balaban J connectivity index is 2.60. The summed E-state index contributed by atoms with van der Waals surface area (Å²) in [6.07, 6.45) is 1.49. The number of guanidine groups is 1. The molecule has 0 radical (unpaired) electrons. The molecule has 26 heavy (non-hydrogen) atoms. The molecular weight excluding hydrogens is 413 g/mol. The number of alkyl halides is 3. The van der Waals surface area contributed by atoms with Crippen LogP contribution in [0.2, 0.25) is 0 Å². The number of nitrogens with two attached hydrogens (primary N) is 1. The predicted molar refractivity (Wildman–Crippen MR) is 91.4 cm³/mol. The zero-order valence-corrected chi connectivity index (χ0v) is 15.0. The maximum atomic E-state index is 12.8. The van der Waals surface area contributed by atoms with Gasteiger partial charge in [0, 0.05) is 16.5 Å². The number of rotatable bonds is 4. The second-order valence-corrected chi connectivity index (χ2v) is 8.57. The summed E-state index contributed by atoms with van der Waals surface area (Å²) >= 11 is 2.19. The van der Waals surface area contributed by atoms with Gasteiger partial charge in [0.1, 0.15) is 0 Å². The number of aromatic nitrogens is 1. The molecule has 2 aromatic rings. The van der Waals surface area contributed by atoms with E-state index in [0.717, 1.165) is 23.9 Å². The first-order valence-electron chi connectivity index (χ1n) is 6.44. The van der Waals surface area contributed by atoms with Gasteiger partial charge in [0.2, 0.25) is 5.96 Å². The number of hydrogen-bond donors (Lipinski definition) is 1. The van der Waals surface area contributed by atoms with Crippen LogP contribution in [0.3, 0.4) is 0 Å². The summed E-state index contributed by atoms with van der Waals surface area (Å²) in [5, 5.41) is 1.66. The molecule has 0 aliphatic heterocycles. The van der Waals surface area contributed by atoms with Crippen LogP contribution in [0.15, 0.2) is 53.9 Å². The van der Waals surface area contributed by atoms with Crippen LogP contribution in [-0.2, 0) is 9.84 Å². The van der Waals surface area contributed by atoms with Crippen LogP contribution in [0.1, 0.15) is 10.4 Å². The van der Waals surface area contributed by atoms with Gasteiger partial charge in [-0.15, -0.1) is 11.3 Å². The largest absolute Gasteiger partial charge is 0.501 e. The predicted octanol–water partition coefficient (Wildman–Crippen LogP) is 2.74. The van der Waals surface area contributed by atoms with Crippen LogP contribution in [0, 0.1) is 0 Å². The molecule has 0 unspecified atom stereocenters. The molecule has 0 bridgehead atoms. The third-order valence-electron chi connectivity index (χ3n) is 2.78. The normalized spacial score (nSPS) is 12.8. The van der Waals surface area contributed by atoms with E-state index in [2.05, 4.69) is 21.7 Å². The number of benzene rings is 1. The van der Waals surface area contributed by atoms with Crippen molar-refractivity contribution >= 4 is 51.5 Å². The van der Waals surface area contributed by atoms with Gasteiger partial charge in [-0.3, -0.25) is 4.79 Å². The Hall–Kier alpha value is -2.25. The second-order valence-electron chi connectivity index (χ2n) is 4.44. The number of thiazole rings is 1. The fraction of sp³-hybridized carbons (Fsp3) is 0.0769. The fourth-order valence-electron chi connectivity index (χ4n) is 1.62. The van der Waals surface area contributed by atoms with E-state index >= 15 is 0 Å². The number of carbonyl (C=O) groups excluding carboxylic acids is 1. The lowest BCUT2D eigenvalue weighted by Gasteiger charge is -2.11. The van der Waals surface area contributed by atoms with Crippen molar-refractivity contribution in [3.8, 4) is 0 Å². The zero-order chi connectivity index (χ0) is 19.5. The molecule has 2 N–H and O–H groups in total. The number of nitrogens with zero attached hydrogens (tertiary/aromatic N) is 3. The number of halogens is 3. The molecule has 0 spiro atoms. The fourth-order valence-corrected chi connectivity index (χ4v) is 4.09. The summed E-state index contributed by atoms with van der Waals surface area (Å²) in [6, 6.07) is 2.43. The molecule has 1 amide bonds.